The zero-order chi connectivity index (χ0) is 14.1. The van der Waals surface area contributed by atoms with Gasteiger partial charge in [0, 0.05) is 7.05 Å². The molecule has 0 spiro atoms. The van der Waals surface area contributed by atoms with Crippen LogP contribution in [0.1, 0.15) is 16.7 Å². The topological polar surface area (TPSA) is 102 Å². The molecule has 0 unspecified atom stereocenters. The highest BCUT2D eigenvalue weighted by Crippen LogP contribution is 2.10. The summed E-state index contributed by atoms with van der Waals surface area (Å²) in [4.78, 5) is 19.6. The first-order valence-electron chi connectivity index (χ1n) is 5.25. The normalized spacial score (nSPS) is 8.83. The minimum Gasteiger partial charge on any atom is -0.465 e. The molecule has 100 valence electrons. The number of nitrogens with one attached hydrogen (secondary N) is 1. The molecule has 2 amide bonds. The molecule has 0 aromatic heterocycles. The minimum atomic E-state index is -0.995. The smallest absolute Gasteiger partial charge is 0.404 e. The standard InChI is InChI=1S/C10H13NO2.C2H5NO2/c1-7-3-4-9(5-8(7)2)6-13-10(11)12;1-3-2(4)5/h3-5H,6H2,1-2H3,(H2,11,12);3H,1H3,(H,4,5). The molecule has 18 heavy (non-hydrogen) atoms. The molecule has 6 nitrogen and oxygen atoms in total. The Labute approximate surface area is 106 Å². The minimum absolute atomic E-state index is 0.246. The predicted octanol–water partition coefficient (Wildman–Crippen LogP) is 1.78. The van der Waals surface area contributed by atoms with E-state index in [1.165, 1.54) is 18.2 Å². The van der Waals surface area contributed by atoms with Crippen LogP contribution in [0.4, 0.5) is 9.59 Å². The van der Waals surface area contributed by atoms with Crippen molar-refractivity contribution in [2.24, 2.45) is 5.73 Å². The molecule has 6 heteroatoms. The number of carboxylic acid groups (broad SMARTS) is 1. The molecule has 0 heterocycles. The predicted molar refractivity (Wildman–Crippen MR) is 67.4 cm³/mol. The average Bonchev–Trinajstić information content (AvgIpc) is 2.31. The number of ether oxygens (including phenoxy) is 1. The molecule has 0 saturated heterocycles. The first-order chi connectivity index (χ1) is 8.36. The summed E-state index contributed by atoms with van der Waals surface area (Å²) >= 11 is 0. The van der Waals surface area contributed by atoms with Gasteiger partial charge in [-0.05, 0) is 30.5 Å². The maximum Gasteiger partial charge on any atom is 0.404 e. The monoisotopic (exact) mass is 254 g/mol. The fraction of sp³-hybridized carbons (Fsp3) is 0.333. The van der Waals surface area contributed by atoms with Crippen molar-refractivity contribution >= 4 is 12.2 Å². The van der Waals surface area contributed by atoms with E-state index >= 15 is 0 Å². The lowest BCUT2D eigenvalue weighted by Crippen LogP contribution is -2.13. The number of amides is 2. The van der Waals surface area contributed by atoms with Crippen LogP contribution in [0.15, 0.2) is 18.2 Å². The van der Waals surface area contributed by atoms with Crippen molar-refractivity contribution in [2.75, 3.05) is 7.05 Å². The summed E-state index contributed by atoms with van der Waals surface area (Å²) in [5, 5.41) is 9.56. The summed E-state index contributed by atoms with van der Waals surface area (Å²) in [7, 11) is 1.35. The van der Waals surface area contributed by atoms with Gasteiger partial charge in [0.15, 0.2) is 0 Å². The van der Waals surface area contributed by atoms with Gasteiger partial charge in [0.2, 0.25) is 0 Å². The summed E-state index contributed by atoms with van der Waals surface area (Å²) in [5.41, 5.74) is 8.22. The van der Waals surface area contributed by atoms with Crippen molar-refractivity contribution in [3.8, 4) is 0 Å². The first-order valence-corrected chi connectivity index (χ1v) is 5.25. The molecule has 1 rings (SSSR count). The van der Waals surface area contributed by atoms with Crippen LogP contribution in [0.3, 0.4) is 0 Å². The number of benzene rings is 1. The van der Waals surface area contributed by atoms with Gasteiger partial charge in [-0.25, -0.2) is 9.59 Å². The lowest BCUT2D eigenvalue weighted by Gasteiger charge is -2.04. The van der Waals surface area contributed by atoms with E-state index in [4.69, 9.17) is 10.8 Å². The second kappa shape index (κ2) is 7.94. The Morgan fingerprint density at radius 2 is 1.89 bits per heavy atom. The second-order valence-corrected chi connectivity index (χ2v) is 3.58. The van der Waals surface area contributed by atoms with Crippen LogP contribution in [0.5, 0.6) is 0 Å². The van der Waals surface area contributed by atoms with Gasteiger partial charge in [-0.15, -0.1) is 0 Å². The number of nitrogens with two attached hydrogens (primary N) is 1. The Kier molecular flexibility index (Phi) is 6.95. The van der Waals surface area contributed by atoms with E-state index in [0.717, 1.165) is 5.56 Å². The van der Waals surface area contributed by atoms with E-state index in [9.17, 15) is 9.59 Å². The van der Waals surface area contributed by atoms with Crippen molar-refractivity contribution in [3.05, 3.63) is 34.9 Å². The molecule has 0 aliphatic heterocycles. The number of carbonyl (C=O) groups excluding carboxylic acids is 1. The van der Waals surface area contributed by atoms with E-state index in [-0.39, 0.29) is 6.61 Å². The van der Waals surface area contributed by atoms with Gasteiger partial charge in [-0.1, -0.05) is 18.2 Å². The van der Waals surface area contributed by atoms with Crippen LogP contribution in [0.2, 0.25) is 0 Å². The van der Waals surface area contributed by atoms with Gasteiger partial charge in [-0.2, -0.15) is 0 Å². The lowest BCUT2D eigenvalue weighted by atomic mass is 10.1. The number of carbonyl (C=O) groups is 2. The molecular formula is C12H18N2O4. The zero-order valence-corrected chi connectivity index (χ0v) is 10.7. The largest absolute Gasteiger partial charge is 0.465 e. The van der Waals surface area contributed by atoms with Crippen LogP contribution < -0.4 is 11.1 Å². The maximum absolute atomic E-state index is 10.3. The molecule has 0 bridgehead atoms. The van der Waals surface area contributed by atoms with Gasteiger partial charge in [0.1, 0.15) is 6.61 Å². The molecule has 0 aliphatic rings. The summed E-state index contributed by atoms with van der Waals surface area (Å²) in [6.07, 6.45) is -1.73. The molecule has 1 aromatic carbocycles. The van der Waals surface area contributed by atoms with Crippen molar-refractivity contribution < 1.29 is 19.4 Å². The zero-order valence-electron chi connectivity index (χ0n) is 10.7. The highest BCUT2D eigenvalue weighted by Gasteiger charge is 1.98. The molecular weight excluding hydrogens is 236 g/mol. The SMILES string of the molecule is CNC(=O)O.Cc1ccc(COC(N)=O)cc1C. The molecule has 0 radical (unpaired) electrons. The van der Waals surface area contributed by atoms with Crippen molar-refractivity contribution in [2.45, 2.75) is 20.5 Å². The molecule has 4 N–H and O–H groups in total. The van der Waals surface area contributed by atoms with E-state index in [1.807, 2.05) is 37.4 Å². The first kappa shape index (κ1) is 15.8. The number of primary amides is 1. The van der Waals surface area contributed by atoms with Gasteiger partial charge >= 0.3 is 12.2 Å². The number of rotatable bonds is 2. The summed E-state index contributed by atoms with van der Waals surface area (Å²) < 4.78 is 4.66. The molecule has 0 atom stereocenters. The van der Waals surface area contributed by atoms with E-state index < -0.39 is 12.2 Å². The third-order valence-corrected chi connectivity index (χ3v) is 2.17. The molecule has 0 aliphatic carbocycles. The highest BCUT2D eigenvalue weighted by atomic mass is 16.5. The molecule has 1 aromatic rings. The van der Waals surface area contributed by atoms with Gasteiger partial charge in [0.25, 0.3) is 0 Å². The fourth-order valence-corrected chi connectivity index (χ4v) is 1.05. The summed E-state index contributed by atoms with van der Waals surface area (Å²) in [6, 6.07) is 5.90. The van der Waals surface area contributed by atoms with Crippen molar-refractivity contribution in [3.63, 3.8) is 0 Å². The van der Waals surface area contributed by atoms with Crippen LogP contribution in [-0.4, -0.2) is 24.3 Å². The Bertz CT molecular complexity index is 419. The Balaban J connectivity index is 0.000000494. The van der Waals surface area contributed by atoms with Crippen LogP contribution in [0, 0.1) is 13.8 Å². The average molecular weight is 254 g/mol. The van der Waals surface area contributed by atoms with Gasteiger partial charge in [-0.3, -0.25) is 0 Å². The van der Waals surface area contributed by atoms with E-state index in [2.05, 4.69) is 4.74 Å². The highest BCUT2D eigenvalue weighted by molar-refractivity contribution is 5.64. The summed E-state index contributed by atoms with van der Waals surface area (Å²) in [5.74, 6) is 0. The van der Waals surface area contributed by atoms with Crippen LogP contribution in [-0.2, 0) is 11.3 Å². The second-order valence-electron chi connectivity index (χ2n) is 3.58. The van der Waals surface area contributed by atoms with E-state index in [1.54, 1.807) is 0 Å². The summed E-state index contributed by atoms with van der Waals surface area (Å²) in [6.45, 7) is 4.30. The maximum atomic E-state index is 10.3. The van der Waals surface area contributed by atoms with Crippen LogP contribution >= 0.6 is 0 Å². The molecule has 0 saturated carbocycles. The number of hydrogen-bond acceptors (Lipinski definition) is 3. The molecule has 0 fully saturated rings. The van der Waals surface area contributed by atoms with Crippen molar-refractivity contribution in [1.82, 2.24) is 5.32 Å². The van der Waals surface area contributed by atoms with E-state index in [0.29, 0.717) is 0 Å². The third kappa shape index (κ3) is 7.10. The number of hydrogen-bond donors (Lipinski definition) is 3. The van der Waals surface area contributed by atoms with Crippen LogP contribution in [0.25, 0.3) is 0 Å². The quantitative estimate of drug-likeness (QED) is 0.748. The fourth-order valence-electron chi connectivity index (χ4n) is 1.05. The lowest BCUT2D eigenvalue weighted by molar-refractivity contribution is 0.150. The Morgan fingerprint density at radius 1 is 1.33 bits per heavy atom. The van der Waals surface area contributed by atoms with Gasteiger partial charge < -0.3 is 20.9 Å². The number of aryl methyl sites for hydroxylation is 2. The Hall–Kier alpha value is -2.24. The van der Waals surface area contributed by atoms with Gasteiger partial charge in [0.05, 0.1) is 0 Å². The third-order valence-electron chi connectivity index (χ3n) is 2.17. The van der Waals surface area contributed by atoms with Crippen molar-refractivity contribution in [1.29, 1.82) is 0 Å². The Morgan fingerprint density at radius 3 is 2.28 bits per heavy atom.